The van der Waals surface area contributed by atoms with Crippen molar-refractivity contribution in [3.8, 4) is 5.75 Å². The summed E-state index contributed by atoms with van der Waals surface area (Å²) >= 11 is 0. The van der Waals surface area contributed by atoms with E-state index in [2.05, 4.69) is 67.7 Å². The highest BCUT2D eigenvalue weighted by Crippen LogP contribution is 2.16. The molecule has 0 fully saturated rings. The van der Waals surface area contributed by atoms with Crippen LogP contribution in [0.15, 0.2) is 48.5 Å². The van der Waals surface area contributed by atoms with Crippen LogP contribution in [-0.4, -0.2) is 13.1 Å². The first-order valence-corrected chi connectivity index (χ1v) is 7.62. The van der Waals surface area contributed by atoms with Crippen LogP contribution in [-0.2, 0) is 13.0 Å². The van der Waals surface area contributed by atoms with Crippen molar-refractivity contribution in [1.82, 2.24) is 5.32 Å². The van der Waals surface area contributed by atoms with Gasteiger partial charge in [-0.05, 0) is 62.6 Å². The zero-order chi connectivity index (χ0) is 15.1. The highest BCUT2D eigenvalue weighted by molar-refractivity contribution is 5.29. The van der Waals surface area contributed by atoms with Gasteiger partial charge in [-0.25, -0.2) is 0 Å². The minimum atomic E-state index is 0.557. The molecule has 0 radical (unpaired) electrons. The van der Waals surface area contributed by atoms with Gasteiger partial charge in [-0.15, -0.1) is 0 Å². The molecule has 2 nitrogen and oxygen atoms in total. The molecule has 2 aromatic carbocycles. The van der Waals surface area contributed by atoms with Gasteiger partial charge in [-0.2, -0.15) is 0 Å². The molecular weight excluding hydrogens is 258 g/mol. The molecule has 21 heavy (non-hydrogen) atoms. The largest absolute Gasteiger partial charge is 0.489 e. The zero-order valence-electron chi connectivity index (χ0n) is 13.2. The summed E-state index contributed by atoms with van der Waals surface area (Å²) in [6.45, 7) is 4.95. The molecular formula is C19H25NO. The van der Waals surface area contributed by atoms with E-state index in [0.29, 0.717) is 12.6 Å². The Morgan fingerprint density at radius 1 is 1.05 bits per heavy atom. The van der Waals surface area contributed by atoms with E-state index >= 15 is 0 Å². The number of nitrogens with one attached hydrogen (secondary N) is 1. The fourth-order valence-corrected chi connectivity index (χ4v) is 2.21. The van der Waals surface area contributed by atoms with E-state index in [4.69, 9.17) is 4.74 Å². The van der Waals surface area contributed by atoms with Crippen molar-refractivity contribution in [2.75, 3.05) is 7.05 Å². The van der Waals surface area contributed by atoms with Crippen LogP contribution in [0, 0.1) is 6.92 Å². The molecule has 1 unspecified atom stereocenters. The molecule has 1 atom stereocenters. The smallest absolute Gasteiger partial charge is 0.119 e. The SMILES string of the molecule is CNC(C)CCc1ccc(OCc2ccccc2C)cc1. The average molecular weight is 283 g/mol. The third-order valence-electron chi connectivity index (χ3n) is 3.94. The van der Waals surface area contributed by atoms with Gasteiger partial charge in [0, 0.05) is 6.04 Å². The molecule has 0 spiro atoms. The average Bonchev–Trinajstić information content (AvgIpc) is 2.53. The monoisotopic (exact) mass is 283 g/mol. The topological polar surface area (TPSA) is 21.3 Å². The molecule has 0 saturated heterocycles. The lowest BCUT2D eigenvalue weighted by Crippen LogP contribution is -2.21. The summed E-state index contributed by atoms with van der Waals surface area (Å²) in [6, 6.07) is 17.4. The highest BCUT2D eigenvalue weighted by atomic mass is 16.5. The summed E-state index contributed by atoms with van der Waals surface area (Å²) in [7, 11) is 2.01. The number of aryl methyl sites for hydroxylation is 2. The second-order valence-electron chi connectivity index (χ2n) is 5.59. The van der Waals surface area contributed by atoms with Crippen LogP contribution in [0.1, 0.15) is 30.0 Å². The number of hydrogen-bond acceptors (Lipinski definition) is 2. The molecule has 0 aliphatic carbocycles. The van der Waals surface area contributed by atoms with Gasteiger partial charge in [0.15, 0.2) is 0 Å². The summed E-state index contributed by atoms with van der Waals surface area (Å²) in [6.07, 6.45) is 2.25. The van der Waals surface area contributed by atoms with Crippen molar-refractivity contribution in [3.63, 3.8) is 0 Å². The predicted octanol–water partition coefficient (Wildman–Crippen LogP) is 4.11. The highest BCUT2D eigenvalue weighted by Gasteiger charge is 2.01. The Morgan fingerprint density at radius 3 is 2.43 bits per heavy atom. The van der Waals surface area contributed by atoms with Crippen LogP contribution in [0.2, 0.25) is 0 Å². The Labute approximate surface area is 128 Å². The quantitative estimate of drug-likeness (QED) is 0.825. The molecule has 1 N–H and O–H groups in total. The molecule has 2 heteroatoms. The van der Waals surface area contributed by atoms with Crippen LogP contribution in [0.4, 0.5) is 0 Å². The molecule has 2 rings (SSSR count). The zero-order valence-corrected chi connectivity index (χ0v) is 13.2. The molecule has 112 valence electrons. The molecule has 0 bridgehead atoms. The number of ether oxygens (including phenoxy) is 1. The van der Waals surface area contributed by atoms with Crippen molar-refractivity contribution in [3.05, 3.63) is 65.2 Å². The van der Waals surface area contributed by atoms with E-state index in [1.807, 2.05) is 7.05 Å². The van der Waals surface area contributed by atoms with Crippen LogP contribution >= 0.6 is 0 Å². The van der Waals surface area contributed by atoms with Crippen LogP contribution < -0.4 is 10.1 Å². The van der Waals surface area contributed by atoms with Gasteiger partial charge in [0.05, 0.1) is 0 Å². The number of hydrogen-bond donors (Lipinski definition) is 1. The third-order valence-corrected chi connectivity index (χ3v) is 3.94. The fourth-order valence-electron chi connectivity index (χ4n) is 2.21. The van der Waals surface area contributed by atoms with Crippen molar-refractivity contribution in [2.24, 2.45) is 0 Å². The standard InChI is InChI=1S/C19H25NO/c1-15-6-4-5-7-18(15)14-21-19-12-10-17(11-13-19)9-8-16(2)20-3/h4-7,10-13,16,20H,8-9,14H2,1-3H3. The summed E-state index contributed by atoms with van der Waals surface area (Å²) in [5.41, 5.74) is 3.87. The maximum Gasteiger partial charge on any atom is 0.119 e. The Bertz CT molecular complexity index is 548. The maximum atomic E-state index is 5.86. The third kappa shape index (κ3) is 4.91. The molecule has 2 aromatic rings. The van der Waals surface area contributed by atoms with Gasteiger partial charge in [-0.1, -0.05) is 36.4 Å². The van der Waals surface area contributed by atoms with Crippen LogP contribution in [0.5, 0.6) is 5.75 Å². The Morgan fingerprint density at radius 2 is 1.76 bits per heavy atom. The van der Waals surface area contributed by atoms with Gasteiger partial charge >= 0.3 is 0 Å². The van der Waals surface area contributed by atoms with Crippen molar-refractivity contribution in [2.45, 2.75) is 39.3 Å². The first-order chi connectivity index (χ1) is 10.2. The van der Waals surface area contributed by atoms with E-state index in [1.54, 1.807) is 0 Å². The fraction of sp³-hybridized carbons (Fsp3) is 0.368. The van der Waals surface area contributed by atoms with E-state index in [0.717, 1.165) is 18.6 Å². The molecule has 0 amide bonds. The lowest BCUT2D eigenvalue weighted by Gasteiger charge is -2.11. The minimum absolute atomic E-state index is 0.557. The summed E-state index contributed by atoms with van der Waals surface area (Å²) in [5, 5.41) is 3.27. The summed E-state index contributed by atoms with van der Waals surface area (Å²) in [4.78, 5) is 0. The lowest BCUT2D eigenvalue weighted by atomic mass is 10.1. The Balaban J connectivity index is 1.86. The first-order valence-electron chi connectivity index (χ1n) is 7.62. The van der Waals surface area contributed by atoms with Gasteiger partial charge in [0.2, 0.25) is 0 Å². The van der Waals surface area contributed by atoms with Crippen molar-refractivity contribution in [1.29, 1.82) is 0 Å². The van der Waals surface area contributed by atoms with Crippen LogP contribution in [0.25, 0.3) is 0 Å². The lowest BCUT2D eigenvalue weighted by molar-refractivity contribution is 0.305. The van der Waals surface area contributed by atoms with E-state index < -0.39 is 0 Å². The second kappa shape index (κ2) is 7.84. The normalized spacial score (nSPS) is 12.1. The Kier molecular flexibility index (Phi) is 5.82. The second-order valence-corrected chi connectivity index (χ2v) is 5.59. The maximum absolute atomic E-state index is 5.86. The van der Waals surface area contributed by atoms with E-state index in [-0.39, 0.29) is 0 Å². The van der Waals surface area contributed by atoms with Crippen molar-refractivity contribution < 1.29 is 4.74 Å². The molecule has 0 aliphatic rings. The Hall–Kier alpha value is -1.80. The van der Waals surface area contributed by atoms with Crippen LogP contribution in [0.3, 0.4) is 0 Å². The molecule has 0 saturated carbocycles. The summed E-state index contributed by atoms with van der Waals surface area (Å²) < 4.78 is 5.86. The minimum Gasteiger partial charge on any atom is -0.489 e. The van der Waals surface area contributed by atoms with E-state index in [1.165, 1.54) is 16.7 Å². The first kappa shape index (κ1) is 15.6. The van der Waals surface area contributed by atoms with Gasteiger partial charge in [0.25, 0.3) is 0 Å². The number of rotatable bonds is 7. The number of benzene rings is 2. The van der Waals surface area contributed by atoms with Crippen molar-refractivity contribution >= 4 is 0 Å². The molecule has 0 aliphatic heterocycles. The van der Waals surface area contributed by atoms with Gasteiger partial charge in [0.1, 0.15) is 12.4 Å². The predicted molar refractivity (Wildman–Crippen MR) is 88.8 cm³/mol. The molecule has 0 heterocycles. The summed E-state index contributed by atoms with van der Waals surface area (Å²) in [5.74, 6) is 0.934. The van der Waals surface area contributed by atoms with Gasteiger partial charge < -0.3 is 10.1 Å². The van der Waals surface area contributed by atoms with Gasteiger partial charge in [-0.3, -0.25) is 0 Å². The molecule has 0 aromatic heterocycles. The van der Waals surface area contributed by atoms with E-state index in [9.17, 15) is 0 Å².